The van der Waals surface area contributed by atoms with E-state index in [1.807, 2.05) is 0 Å². The van der Waals surface area contributed by atoms with Gasteiger partial charge in [0, 0.05) is 0 Å². The van der Waals surface area contributed by atoms with Gasteiger partial charge in [-0.2, -0.15) is 0 Å². The molecular formula is C5H6Cl2N2. The van der Waals surface area contributed by atoms with Gasteiger partial charge in [-0.25, -0.2) is 4.99 Å². The van der Waals surface area contributed by atoms with Gasteiger partial charge in [0.05, 0.1) is 6.20 Å². The first-order valence-electron chi connectivity index (χ1n) is 2.19. The van der Waals surface area contributed by atoms with Crippen molar-refractivity contribution in [3.8, 4) is 0 Å². The Labute approximate surface area is 63.9 Å². The van der Waals surface area contributed by atoms with Crippen LogP contribution in [-0.4, -0.2) is 11.9 Å². The van der Waals surface area contributed by atoms with Crippen molar-refractivity contribution in [1.29, 1.82) is 0 Å². The Morgan fingerprint density at radius 2 is 2.11 bits per heavy atom. The fourth-order valence-corrected chi connectivity index (χ4v) is 0.581. The molecule has 0 atom stereocenters. The topological polar surface area (TPSA) is 24.7 Å². The molecule has 0 aromatic heterocycles. The minimum absolute atomic E-state index is 0.234. The third-order valence-corrected chi connectivity index (χ3v) is 0.725. The number of nitrogens with zero attached hydrogens (tertiary/aromatic N) is 2. The molecule has 50 valence electrons. The van der Waals surface area contributed by atoms with Crippen molar-refractivity contribution in [3.63, 3.8) is 0 Å². The van der Waals surface area contributed by atoms with E-state index in [0.717, 1.165) is 0 Å². The zero-order chi connectivity index (χ0) is 7.28. The van der Waals surface area contributed by atoms with Gasteiger partial charge in [0.25, 0.3) is 0 Å². The van der Waals surface area contributed by atoms with E-state index in [0.29, 0.717) is 5.17 Å². The second-order valence-electron chi connectivity index (χ2n) is 1.24. The molecule has 0 rings (SSSR count). The van der Waals surface area contributed by atoms with Gasteiger partial charge < -0.3 is 0 Å². The molecule has 0 heterocycles. The van der Waals surface area contributed by atoms with Crippen molar-refractivity contribution in [2.75, 3.05) is 0 Å². The normalized spacial score (nSPS) is 13.7. The maximum Gasteiger partial charge on any atom is 0.148 e. The van der Waals surface area contributed by atoms with Crippen LogP contribution in [0.2, 0.25) is 0 Å². The predicted octanol–water partition coefficient (Wildman–Crippen LogP) is 2.38. The summed E-state index contributed by atoms with van der Waals surface area (Å²) < 4.78 is 0. The molecule has 4 heteroatoms. The Morgan fingerprint density at radius 3 is 2.44 bits per heavy atom. The zero-order valence-electron chi connectivity index (χ0n) is 4.93. The first-order chi connectivity index (χ1) is 4.16. The summed E-state index contributed by atoms with van der Waals surface area (Å²) in [6.45, 7) is 4.81. The van der Waals surface area contributed by atoms with Crippen LogP contribution in [0, 0.1) is 0 Å². The van der Waals surface area contributed by atoms with Crippen molar-refractivity contribution < 1.29 is 0 Å². The van der Waals surface area contributed by atoms with Gasteiger partial charge in [0.2, 0.25) is 0 Å². The molecule has 0 spiro atoms. The van der Waals surface area contributed by atoms with Gasteiger partial charge in [0.15, 0.2) is 0 Å². The van der Waals surface area contributed by atoms with Crippen LogP contribution < -0.4 is 0 Å². The lowest BCUT2D eigenvalue weighted by atomic mass is 10.8. The summed E-state index contributed by atoms with van der Waals surface area (Å²) in [4.78, 5) is 7.02. The number of aliphatic imine (C=N–C) groups is 2. The van der Waals surface area contributed by atoms with Crippen molar-refractivity contribution in [3.05, 3.63) is 11.4 Å². The fourth-order valence-electron chi connectivity index (χ4n) is 0.251. The minimum Gasteiger partial charge on any atom is -0.269 e. The molecule has 0 fully saturated rings. The Kier molecular flexibility index (Phi) is 4.36. The van der Waals surface area contributed by atoms with E-state index in [1.165, 1.54) is 6.20 Å². The van der Waals surface area contributed by atoms with Crippen molar-refractivity contribution >= 4 is 35.1 Å². The van der Waals surface area contributed by atoms with Gasteiger partial charge >= 0.3 is 0 Å². The van der Waals surface area contributed by atoms with Crippen LogP contribution in [0.3, 0.4) is 0 Å². The van der Waals surface area contributed by atoms with Gasteiger partial charge in [-0.05, 0) is 13.6 Å². The standard InChI is InChI=1S/C5H6Cl2N2/c1-4(6)9-5(7)3-8-2/h3H,2H2,1H3/b5-3-,9-4?. The summed E-state index contributed by atoms with van der Waals surface area (Å²) in [6, 6.07) is 0. The summed E-state index contributed by atoms with van der Waals surface area (Å²) in [5.74, 6) is 0. The molecule has 0 aliphatic carbocycles. The summed E-state index contributed by atoms with van der Waals surface area (Å²) in [5, 5.41) is 0.609. The molecule has 0 saturated heterocycles. The molecule has 0 N–H and O–H groups in total. The van der Waals surface area contributed by atoms with Crippen LogP contribution in [0.15, 0.2) is 21.3 Å². The van der Waals surface area contributed by atoms with E-state index in [-0.39, 0.29) is 5.16 Å². The van der Waals surface area contributed by atoms with Crippen LogP contribution in [-0.2, 0) is 0 Å². The highest BCUT2D eigenvalue weighted by Gasteiger charge is 1.84. The summed E-state index contributed by atoms with van der Waals surface area (Å²) in [6.07, 6.45) is 1.31. The lowest BCUT2D eigenvalue weighted by Crippen LogP contribution is -1.73. The second-order valence-corrected chi connectivity index (χ2v) is 2.18. The van der Waals surface area contributed by atoms with E-state index in [1.54, 1.807) is 6.92 Å². The highest BCUT2D eigenvalue weighted by molar-refractivity contribution is 6.65. The number of hydrogen-bond acceptors (Lipinski definition) is 2. The van der Waals surface area contributed by atoms with E-state index >= 15 is 0 Å². The van der Waals surface area contributed by atoms with Gasteiger partial charge in [-0.3, -0.25) is 4.99 Å². The first-order valence-corrected chi connectivity index (χ1v) is 2.94. The summed E-state index contributed by atoms with van der Waals surface area (Å²) in [7, 11) is 0. The quantitative estimate of drug-likeness (QED) is 0.443. The Morgan fingerprint density at radius 1 is 1.56 bits per heavy atom. The zero-order valence-corrected chi connectivity index (χ0v) is 6.45. The Hall–Kier alpha value is -0.340. The monoisotopic (exact) mass is 164 g/mol. The maximum atomic E-state index is 5.43. The highest BCUT2D eigenvalue weighted by atomic mass is 35.5. The minimum atomic E-state index is 0.234. The molecule has 9 heavy (non-hydrogen) atoms. The van der Waals surface area contributed by atoms with Crippen LogP contribution >= 0.6 is 23.2 Å². The number of hydrogen-bond donors (Lipinski definition) is 0. The summed E-state index contributed by atoms with van der Waals surface area (Å²) >= 11 is 10.8. The molecule has 0 unspecified atom stereocenters. The Balaban J connectivity index is 4.05. The van der Waals surface area contributed by atoms with Crippen LogP contribution in [0.25, 0.3) is 0 Å². The number of halogens is 2. The fraction of sp³-hybridized carbons (Fsp3) is 0.200. The average molecular weight is 165 g/mol. The van der Waals surface area contributed by atoms with Gasteiger partial charge in [-0.1, -0.05) is 23.2 Å². The molecule has 0 aromatic rings. The first kappa shape index (κ1) is 8.66. The molecule has 0 aromatic carbocycles. The average Bonchev–Trinajstić information content (AvgIpc) is 1.63. The smallest absolute Gasteiger partial charge is 0.148 e. The SMILES string of the molecule is C=N/C=C(/Cl)N=C(C)Cl. The van der Waals surface area contributed by atoms with Gasteiger partial charge in [0.1, 0.15) is 10.3 Å². The largest absolute Gasteiger partial charge is 0.269 e. The molecule has 0 aliphatic heterocycles. The molecule has 0 aliphatic rings. The lowest BCUT2D eigenvalue weighted by Gasteiger charge is -1.84. The molecule has 0 amide bonds. The van der Waals surface area contributed by atoms with E-state index in [4.69, 9.17) is 23.2 Å². The highest BCUT2D eigenvalue weighted by Crippen LogP contribution is 2.03. The molecule has 0 radical (unpaired) electrons. The van der Waals surface area contributed by atoms with E-state index < -0.39 is 0 Å². The number of rotatable bonds is 2. The molecule has 0 saturated carbocycles. The van der Waals surface area contributed by atoms with Crippen molar-refractivity contribution in [1.82, 2.24) is 0 Å². The van der Waals surface area contributed by atoms with Crippen LogP contribution in [0.5, 0.6) is 0 Å². The van der Waals surface area contributed by atoms with Crippen LogP contribution in [0.4, 0.5) is 0 Å². The van der Waals surface area contributed by atoms with Gasteiger partial charge in [-0.15, -0.1) is 0 Å². The van der Waals surface area contributed by atoms with Crippen molar-refractivity contribution in [2.45, 2.75) is 6.92 Å². The molecule has 0 bridgehead atoms. The third-order valence-electron chi connectivity index (χ3n) is 0.459. The molecule has 2 nitrogen and oxygen atoms in total. The van der Waals surface area contributed by atoms with E-state index in [9.17, 15) is 0 Å². The van der Waals surface area contributed by atoms with Crippen LogP contribution in [0.1, 0.15) is 6.92 Å². The van der Waals surface area contributed by atoms with Crippen molar-refractivity contribution in [2.24, 2.45) is 9.98 Å². The maximum absolute atomic E-state index is 5.43. The van der Waals surface area contributed by atoms with E-state index in [2.05, 4.69) is 16.7 Å². The summed E-state index contributed by atoms with van der Waals surface area (Å²) in [5.41, 5.74) is 0. The molecular weight excluding hydrogens is 159 g/mol. The Bertz CT molecular complexity index is 156. The lowest BCUT2D eigenvalue weighted by molar-refractivity contribution is 1.44. The third kappa shape index (κ3) is 5.53. The second kappa shape index (κ2) is 4.53. The predicted molar refractivity (Wildman–Crippen MR) is 42.4 cm³/mol.